The predicted molar refractivity (Wildman–Crippen MR) is 80.9 cm³/mol. The summed E-state index contributed by atoms with van der Waals surface area (Å²) >= 11 is 8.82. The van der Waals surface area contributed by atoms with Crippen LogP contribution in [0.1, 0.15) is 11.3 Å². The van der Waals surface area contributed by atoms with E-state index in [0.717, 1.165) is 15.6 Å². The molecular weight excluding hydrogens is 300 g/mol. The van der Waals surface area contributed by atoms with E-state index in [1.54, 1.807) is 11.3 Å². The molecule has 0 saturated heterocycles. The van der Waals surface area contributed by atoms with Crippen LogP contribution in [0.5, 0.6) is 0 Å². The van der Waals surface area contributed by atoms with Gasteiger partial charge < -0.3 is 5.32 Å². The summed E-state index contributed by atoms with van der Waals surface area (Å²) < 4.78 is 0.930. The Kier molecular flexibility index (Phi) is 5.24. The average Bonchev–Trinajstić information content (AvgIpc) is 2.81. The zero-order chi connectivity index (χ0) is 13.7. The molecule has 0 spiro atoms. The van der Waals surface area contributed by atoms with Crippen LogP contribution < -0.4 is 5.32 Å². The quantitative estimate of drug-likeness (QED) is 0.859. The van der Waals surface area contributed by atoms with Gasteiger partial charge in [0.1, 0.15) is 0 Å². The molecule has 0 atom stereocenters. The van der Waals surface area contributed by atoms with E-state index in [-0.39, 0.29) is 5.91 Å². The molecular formula is C13H13ClN2OS2. The maximum atomic E-state index is 11.7. The summed E-state index contributed by atoms with van der Waals surface area (Å²) in [6.45, 7) is 2.47. The number of carbonyl (C=O) groups excluding carboxylic acids is 1. The molecule has 1 aromatic carbocycles. The SMILES string of the molecule is Cc1csc(SCC(=O)NCc2ccc(Cl)cc2)n1. The lowest BCUT2D eigenvalue weighted by Gasteiger charge is -2.04. The Morgan fingerprint density at radius 3 is 2.79 bits per heavy atom. The smallest absolute Gasteiger partial charge is 0.230 e. The number of hydrogen-bond donors (Lipinski definition) is 1. The fourth-order valence-electron chi connectivity index (χ4n) is 1.38. The van der Waals surface area contributed by atoms with Gasteiger partial charge in [-0.3, -0.25) is 4.79 Å². The zero-order valence-electron chi connectivity index (χ0n) is 10.4. The van der Waals surface area contributed by atoms with Gasteiger partial charge in [0, 0.05) is 22.6 Å². The Morgan fingerprint density at radius 2 is 2.16 bits per heavy atom. The van der Waals surface area contributed by atoms with Gasteiger partial charge in [-0.25, -0.2) is 4.98 Å². The summed E-state index contributed by atoms with van der Waals surface area (Å²) in [7, 11) is 0. The van der Waals surface area contributed by atoms with E-state index in [9.17, 15) is 4.79 Å². The number of amides is 1. The van der Waals surface area contributed by atoms with E-state index in [1.165, 1.54) is 11.8 Å². The van der Waals surface area contributed by atoms with E-state index >= 15 is 0 Å². The summed E-state index contributed by atoms with van der Waals surface area (Å²) in [6, 6.07) is 7.44. The van der Waals surface area contributed by atoms with E-state index in [4.69, 9.17) is 11.6 Å². The molecule has 1 aromatic heterocycles. The van der Waals surface area contributed by atoms with Crippen LogP contribution in [0.25, 0.3) is 0 Å². The molecule has 0 bridgehead atoms. The number of carbonyl (C=O) groups is 1. The molecule has 0 unspecified atom stereocenters. The minimum Gasteiger partial charge on any atom is -0.351 e. The first-order valence-corrected chi connectivity index (χ1v) is 7.94. The molecule has 0 saturated carbocycles. The topological polar surface area (TPSA) is 42.0 Å². The van der Waals surface area contributed by atoms with Crippen molar-refractivity contribution in [3.8, 4) is 0 Å². The number of thioether (sulfide) groups is 1. The van der Waals surface area contributed by atoms with Gasteiger partial charge in [-0.1, -0.05) is 35.5 Å². The van der Waals surface area contributed by atoms with Crippen LogP contribution >= 0.6 is 34.7 Å². The lowest BCUT2D eigenvalue weighted by atomic mass is 10.2. The molecule has 3 nitrogen and oxygen atoms in total. The van der Waals surface area contributed by atoms with Crippen molar-refractivity contribution in [1.82, 2.24) is 10.3 Å². The Labute approximate surface area is 125 Å². The maximum Gasteiger partial charge on any atom is 0.230 e. The van der Waals surface area contributed by atoms with Crippen LogP contribution in [-0.4, -0.2) is 16.6 Å². The molecule has 100 valence electrons. The van der Waals surface area contributed by atoms with Gasteiger partial charge in [0.05, 0.1) is 5.75 Å². The molecule has 1 N–H and O–H groups in total. The Hall–Kier alpha value is -1.04. The molecule has 0 aliphatic heterocycles. The Bertz CT molecular complexity index is 554. The second kappa shape index (κ2) is 6.93. The highest BCUT2D eigenvalue weighted by atomic mass is 35.5. The van der Waals surface area contributed by atoms with Gasteiger partial charge >= 0.3 is 0 Å². The lowest BCUT2D eigenvalue weighted by molar-refractivity contribution is -0.118. The second-order valence-electron chi connectivity index (χ2n) is 3.95. The Balaban J connectivity index is 1.74. The standard InChI is InChI=1S/C13H13ClN2OS2/c1-9-7-18-13(16-9)19-8-12(17)15-6-10-2-4-11(14)5-3-10/h2-5,7H,6,8H2,1H3,(H,15,17). The van der Waals surface area contributed by atoms with Gasteiger partial charge in [0.2, 0.25) is 5.91 Å². The first kappa shape index (κ1) is 14.4. The normalized spacial score (nSPS) is 10.4. The van der Waals surface area contributed by atoms with Crippen molar-refractivity contribution in [3.63, 3.8) is 0 Å². The zero-order valence-corrected chi connectivity index (χ0v) is 12.7. The summed E-state index contributed by atoms with van der Waals surface area (Å²) in [6.07, 6.45) is 0. The van der Waals surface area contributed by atoms with Crippen molar-refractivity contribution in [2.75, 3.05) is 5.75 Å². The molecule has 1 heterocycles. The number of aromatic nitrogens is 1. The second-order valence-corrected chi connectivity index (χ2v) is 6.46. The van der Waals surface area contributed by atoms with Crippen LogP contribution in [0.2, 0.25) is 5.02 Å². The van der Waals surface area contributed by atoms with Crippen LogP contribution in [0.4, 0.5) is 0 Å². The molecule has 0 radical (unpaired) electrons. The van der Waals surface area contributed by atoms with Gasteiger partial charge in [-0.2, -0.15) is 0 Å². The average molecular weight is 313 g/mol. The third kappa shape index (κ3) is 4.86. The fraction of sp³-hybridized carbons (Fsp3) is 0.231. The van der Waals surface area contributed by atoms with Crippen LogP contribution in [-0.2, 0) is 11.3 Å². The molecule has 2 aromatic rings. The molecule has 0 aliphatic carbocycles. The molecule has 6 heteroatoms. The number of nitrogens with one attached hydrogen (secondary N) is 1. The molecule has 0 fully saturated rings. The number of rotatable bonds is 5. The molecule has 2 rings (SSSR count). The third-order valence-corrected chi connectivity index (χ3v) is 4.72. The van der Waals surface area contributed by atoms with Crippen molar-refractivity contribution in [2.24, 2.45) is 0 Å². The molecule has 1 amide bonds. The summed E-state index contributed by atoms with van der Waals surface area (Å²) in [5, 5.41) is 5.55. The number of benzene rings is 1. The number of aryl methyl sites for hydroxylation is 1. The van der Waals surface area contributed by atoms with Gasteiger partial charge in [0.15, 0.2) is 4.34 Å². The van der Waals surface area contributed by atoms with E-state index in [2.05, 4.69) is 10.3 Å². The summed E-state index contributed by atoms with van der Waals surface area (Å²) in [5.74, 6) is 0.397. The van der Waals surface area contributed by atoms with Gasteiger partial charge in [-0.05, 0) is 24.6 Å². The van der Waals surface area contributed by atoms with Crippen LogP contribution in [0, 0.1) is 6.92 Å². The van der Waals surface area contributed by atoms with Crippen molar-refractivity contribution >= 4 is 40.6 Å². The highest BCUT2D eigenvalue weighted by molar-refractivity contribution is 8.01. The van der Waals surface area contributed by atoms with Crippen LogP contribution in [0.3, 0.4) is 0 Å². The van der Waals surface area contributed by atoms with Crippen molar-refractivity contribution in [3.05, 3.63) is 45.9 Å². The van der Waals surface area contributed by atoms with E-state index in [1.807, 2.05) is 36.6 Å². The Morgan fingerprint density at radius 1 is 1.42 bits per heavy atom. The summed E-state index contributed by atoms with van der Waals surface area (Å²) in [4.78, 5) is 16.0. The number of hydrogen-bond acceptors (Lipinski definition) is 4. The van der Waals surface area contributed by atoms with E-state index in [0.29, 0.717) is 17.3 Å². The first-order chi connectivity index (χ1) is 9.13. The van der Waals surface area contributed by atoms with Crippen molar-refractivity contribution in [2.45, 2.75) is 17.8 Å². The molecule has 19 heavy (non-hydrogen) atoms. The van der Waals surface area contributed by atoms with Crippen LogP contribution in [0.15, 0.2) is 34.0 Å². The summed E-state index contributed by atoms with van der Waals surface area (Å²) in [5.41, 5.74) is 2.03. The number of nitrogens with zero attached hydrogens (tertiary/aromatic N) is 1. The lowest BCUT2D eigenvalue weighted by Crippen LogP contribution is -2.24. The minimum absolute atomic E-state index is 0.00723. The first-order valence-electron chi connectivity index (χ1n) is 5.69. The van der Waals surface area contributed by atoms with Crippen molar-refractivity contribution in [1.29, 1.82) is 0 Å². The minimum atomic E-state index is 0.00723. The highest BCUT2D eigenvalue weighted by Gasteiger charge is 2.05. The monoisotopic (exact) mass is 312 g/mol. The largest absolute Gasteiger partial charge is 0.351 e. The van der Waals surface area contributed by atoms with Crippen molar-refractivity contribution < 1.29 is 4.79 Å². The fourth-order valence-corrected chi connectivity index (χ4v) is 3.19. The maximum absolute atomic E-state index is 11.7. The third-order valence-electron chi connectivity index (χ3n) is 2.33. The van der Waals surface area contributed by atoms with Gasteiger partial charge in [0.25, 0.3) is 0 Å². The highest BCUT2D eigenvalue weighted by Crippen LogP contribution is 2.21. The molecule has 0 aliphatic rings. The predicted octanol–water partition coefficient (Wildman–Crippen LogP) is 3.51. The van der Waals surface area contributed by atoms with E-state index < -0.39 is 0 Å². The number of thiazole rings is 1. The number of halogens is 1. The van der Waals surface area contributed by atoms with Gasteiger partial charge in [-0.15, -0.1) is 11.3 Å².